The Balaban J connectivity index is 0.000000423. The Bertz CT molecular complexity index is 1290. The second kappa shape index (κ2) is 14.6. The maximum Gasteiger partial charge on any atom is 0.336 e. The van der Waals surface area contributed by atoms with Gasteiger partial charge in [-0.25, -0.2) is 9.59 Å². The number of carbonyl (C=O) groups excluding carboxylic acids is 2. The highest BCUT2D eigenvalue weighted by Crippen LogP contribution is 2.42. The number of benzene rings is 2. The first-order valence-corrected chi connectivity index (χ1v) is 13.3. The van der Waals surface area contributed by atoms with Gasteiger partial charge in [0.1, 0.15) is 0 Å². The minimum absolute atomic E-state index is 0.0537. The van der Waals surface area contributed by atoms with Crippen LogP contribution in [0.25, 0.3) is 0 Å². The van der Waals surface area contributed by atoms with Gasteiger partial charge in [0.2, 0.25) is 0 Å². The largest absolute Gasteiger partial charge is 0.466 e. The van der Waals surface area contributed by atoms with Crippen LogP contribution in [0.1, 0.15) is 25.3 Å². The number of esters is 2. The molecule has 0 saturated carbocycles. The summed E-state index contributed by atoms with van der Waals surface area (Å²) in [6.45, 7) is 4.25. The monoisotopic (exact) mass is 565 g/mol. The Morgan fingerprint density at radius 1 is 1.05 bits per heavy atom. The lowest BCUT2D eigenvalue weighted by atomic mass is 9.80. The van der Waals surface area contributed by atoms with Crippen molar-refractivity contribution in [3.05, 3.63) is 87.7 Å². The van der Waals surface area contributed by atoms with E-state index in [-0.39, 0.29) is 29.3 Å². The van der Waals surface area contributed by atoms with Crippen molar-refractivity contribution in [3.63, 3.8) is 0 Å². The molecule has 10 nitrogen and oxygen atoms in total. The van der Waals surface area contributed by atoms with Crippen molar-refractivity contribution in [1.29, 1.82) is 0 Å². The highest BCUT2D eigenvalue weighted by Gasteiger charge is 2.40. The Labute approximate surface area is 227 Å². The zero-order chi connectivity index (χ0) is 28.3. The predicted octanol–water partition coefficient (Wildman–Crippen LogP) is 3.21. The first kappa shape index (κ1) is 31.0. The molecule has 1 radical (unpaired) electrons. The van der Waals surface area contributed by atoms with Crippen LogP contribution in [0.4, 0.5) is 0 Å². The Hall–Kier alpha value is -3.22. The summed E-state index contributed by atoms with van der Waals surface area (Å²) >= 11 is 6.41. The summed E-state index contributed by atoms with van der Waals surface area (Å²) in [5, 5.41) is 4.85. The average Bonchev–Trinajstić information content (AvgIpc) is 2.89. The van der Waals surface area contributed by atoms with E-state index in [0.717, 1.165) is 0 Å². The molecule has 38 heavy (non-hydrogen) atoms. The van der Waals surface area contributed by atoms with E-state index in [9.17, 15) is 18.0 Å². The number of carbonyl (C=O) groups is 2. The maximum atomic E-state index is 12.9. The zero-order valence-electron chi connectivity index (χ0n) is 21.2. The smallest absolute Gasteiger partial charge is 0.336 e. The molecule has 12 heteroatoms. The minimum Gasteiger partial charge on any atom is -0.466 e. The van der Waals surface area contributed by atoms with Crippen molar-refractivity contribution in [1.82, 2.24) is 5.32 Å². The summed E-state index contributed by atoms with van der Waals surface area (Å²) in [6, 6.07) is 14.4. The number of nitrogens with zero attached hydrogens (tertiary/aromatic N) is 1. The van der Waals surface area contributed by atoms with Crippen molar-refractivity contribution < 1.29 is 36.8 Å². The highest BCUT2D eigenvalue weighted by atomic mass is 35.5. The molecular formula is C26H30ClN2O8S. The molecule has 2 aromatic carbocycles. The molecule has 3 rings (SSSR count). The zero-order valence-corrected chi connectivity index (χ0v) is 22.8. The lowest BCUT2D eigenvalue weighted by molar-refractivity contribution is -0.139. The van der Waals surface area contributed by atoms with Gasteiger partial charge in [0.15, 0.2) is 0 Å². The minimum atomic E-state index is -4.00. The van der Waals surface area contributed by atoms with E-state index in [1.54, 1.807) is 56.3 Å². The molecule has 0 spiro atoms. The van der Waals surface area contributed by atoms with E-state index in [2.05, 4.69) is 5.32 Å². The van der Waals surface area contributed by atoms with Gasteiger partial charge in [-0.05, 0) is 37.6 Å². The molecule has 0 aromatic heterocycles. The molecule has 0 saturated heterocycles. The fraction of sp³-hybridized carbons (Fsp3) is 0.308. The molecule has 0 bridgehead atoms. The van der Waals surface area contributed by atoms with Gasteiger partial charge in [-0.2, -0.15) is 8.42 Å². The molecule has 1 atom stereocenters. The molecule has 0 aliphatic carbocycles. The van der Waals surface area contributed by atoms with Crippen molar-refractivity contribution in [2.24, 2.45) is 5.73 Å². The third kappa shape index (κ3) is 8.14. The van der Waals surface area contributed by atoms with Crippen LogP contribution in [0.5, 0.6) is 0 Å². The van der Waals surface area contributed by atoms with Gasteiger partial charge in [-0.1, -0.05) is 48.0 Å². The Kier molecular flexibility index (Phi) is 11.9. The summed E-state index contributed by atoms with van der Waals surface area (Å²) < 4.78 is 45.0. The topological polar surface area (TPSA) is 156 Å². The molecule has 2 aromatic rings. The van der Waals surface area contributed by atoms with Crippen LogP contribution in [0, 0.1) is 0 Å². The summed E-state index contributed by atoms with van der Waals surface area (Å²) in [7, 11) is -2.73. The molecule has 0 amide bonds. The second-order valence-corrected chi connectivity index (χ2v) is 9.60. The fourth-order valence-corrected chi connectivity index (χ4v) is 4.38. The van der Waals surface area contributed by atoms with Crippen LogP contribution < -0.4 is 11.1 Å². The number of hydrogen-bond donors (Lipinski definition) is 2. The lowest BCUT2D eigenvalue weighted by Crippen LogP contribution is -2.32. The first-order valence-electron chi connectivity index (χ1n) is 11.5. The van der Waals surface area contributed by atoms with Crippen molar-refractivity contribution in [2.75, 3.05) is 33.5 Å². The third-order valence-corrected chi connectivity index (χ3v) is 6.45. The van der Waals surface area contributed by atoms with Gasteiger partial charge >= 0.3 is 11.9 Å². The van der Waals surface area contributed by atoms with E-state index in [0.29, 0.717) is 35.1 Å². The number of hydrogen-bond acceptors (Lipinski definition) is 8. The van der Waals surface area contributed by atoms with Crippen molar-refractivity contribution in [2.45, 2.75) is 24.7 Å². The molecule has 205 valence electrons. The summed E-state index contributed by atoms with van der Waals surface area (Å²) in [5.41, 5.74) is 7.31. The van der Waals surface area contributed by atoms with Gasteiger partial charge in [-0.3, -0.25) is 9.87 Å². The van der Waals surface area contributed by atoms with E-state index in [1.165, 1.54) is 19.2 Å². The van der Waals surface area contributed by atoms with Gasteiger partial charge < -0.3 is 19.9 Å². The molecule has 1 aliphatic rings. The van der Waals surface area contributed by atoms with Crippen LogP contribution in [0.15, 0.2) is 82.0 Å². The average molecular weight is 566 g/mol. The van der Waals surface area contributed by atoms with Crippen molar-refractivity contribution >= 4 is 33.7 Å². The van der Waals surface area contributed by atoms with E-state index >= 15 is 0 Å². The predicted molar refractivity (Wildman–Crippen MR) is 141 cm³/mol. The van der Waals surface area contributed by atoms with Crippen LogP contribution >= 0.6 is 11.6 Å². The molecule has 0 fully saturated rings. The molecule has 1 heterocycles. The summed E-state index contributed by atoms with van der Waals surface area (Å²) in [5.74, 6) is -1.96. The number of ether oxygens (including phenoxy) is 3. The van der Waals surface area contributed by atoms with Gasteiger partial charge in [0.05, 0.1) is 54.6 Å². The Morgan fingerprint density at radius 3 is 2.21 bits per heavy atom. The summed E-state index contributed by atoms with van der Waals surface area (Å²) in [4.78, 5) is 25.3. The molecule has 1 aliphatic heterocycles. The van der Waals surface area contributed by atoms with Gasteiger partial charge in [0.25, 0.3) is 10.1 Å². The van der Waals surface area contributed by atoms with Gasteiger partial charge in [-0.15, -0.1) is 0 Å². The molecular weight excluding hydrogens is 536 g/mol. The maximum absolute atomic E-state index is 12.9. The highest BCUT2D eigenvalue weighted by molar-refractivity contribution is 7.85. The number of halogens is 1. The quantitative estimate of drug-likeness (QED) is 0.264. The van der Waals surface area contributed by atoms with E-state index < -0.39 is 28.0 Å². The normalized spacial score (nSPS) is 15.3. The van der Waals surface area contributed by atoms with Gasteiger partial charge in [0, 0.05) is 17.3 Å². The lowest BCUT2D eigenvalue weighted by Gasteiger charge is -2.30. The molecule has 1 unspecified atom stereocenters. The number of rotatable bonds is 9. The van der Waals surface area contributed by atoms with Crippen LogP contribution in [0.3, 0.4) is 0 Å². The van der Waals surface area contributed by atoms with Crippen LogP contribution in [-0.2, 0) is 33.9 Å². The standard InChI is InChI=1S/C20H24ClN2O5.C6H6O3S/c1-4-28-20(25)18-15(11-27-10-9-22)23-12(2)16(19(24)26-3)17(18)13-7-5-6-8-14(13)21;7-10(8,9)6-4-2-1-3-5-6/h5-8,17H,4,9-11,22H2,1-3H3;1-5H,(H,7,8,9). The van der Waals surface area contributed by atoms with Crippen molar-refractivity contribution in [3.8, 4) is 0 Å². The second-order valence-electron chi connectivity index (χ2n) is 7.77. The first-order chi connectivity index (χ1) is 18.1. The van der Waals surface area contributed by atoms with Crippen LogP contribution in [-0.4, -0.2) is 58.4 Å². The number of allylic oxidation sites excluding steroid dienone is 1. The van der Waals surface area contributed by atoms with E-state index in [1.807, 2.05) is 0 Å². The van der Waals surface area contributed by atoms with E-state index in [4.69, 9.17) is 36.1 Å². The SMILES string of the molecule is CCOC(=O)C1=C(COCCN)[N]C(C)=C(C(=O)OC)C1c1ccccc1Cl.O=S(=O)(O)c1ccccc1. The summed E-state index contributed by atoms with van der Waals surface area (Å²) in [6.07, 6.45) is 0. The molecule has 3 N–H and O–H groups in total. The Morgan fingerprint density at radius 2 is 1.68 bits per heavy atom. The van der Waals surface area contributed by atoms with Crippen LogP contribution in [0.2, 0.25) is 5.02 Å². The number of nitrogens with two attached hydrogens (primary N) is 1. The third-order valence-electron chi connectivity index (χ3n) is 5.24. The fourth-order valence-electron chi connectivity index (χ4n) is 3.64. The number of methoxy groups -OCH3 is 1.